The van der Waals surface area contributed by atoms with Crippen LogP contribution in [0.5, 0.6) is 0 Å². The number of carbonyl (C=O) groups is 1. The van der Waals surface area contributed by atoms with Crippen molar-refractivity contribution >= 4 is 18.5 Å². The number of benzene rings is 1. The topological polar surface area (TPSA) is 60.8 Å². The highest BCUT2D eigenvalue weighted by molar-refractivity contribution is 6.58. The first kappa shape index (κ1) is 13.7. The predicted octanol–water partition coefficient (Wildman–Crippen LogP) is 0.238. The van der Waals surface area contributed by atoms with Gasteiger partial charge in [-0.15, -0.1) is 0 Å². The summed E-state index contributed by atoms with van der Waals surface area (Å²) in [6.07, 6.45) is 0.924. The lowest BCUT2D eigenvalue weighted by atomic mass is 9.80. The molecule has 1 aromatic rings. The normalized spacial score (nSPS) is 10.1. The lowest BCUT2D eigenvalue weighted by molar-refractivity contribution is 0.0764. The van der Waals surface area contributed by atoms with E-state index in [1.165, 1.54) is 0 Å². The highest BCUT2D eigenvalue weighted by Gasteiger charge is 2.15. The van der Waals surface area contributed by atoms with E-state index in [9.17, 15) is 4.79 Å². The second kappa shape index (κ2) is 6.42. The van der Waals surface area contributed by atoms with Crippen LogP contribution >= 0.6 is 0 Å². The van der Waals surface area contributed by atoms with E-state index in [0.717, 1.165) is 13.0 Å². The van der Waals surface area contributed by atoms with E-state index >= 15 is 0 Å². The first-order valence-electron chi connectivity index (χ1n) is 5.85. The van der Waals surface area contributed by atoms with Gasteiger partial charge in [-0.1, -0.05) is 19.1 Å². The van der Waals surface area contributed by atoms with Gasteiger partial charge in [-0.05, 0) is 30.9 Å². The molecule has 0 aliphatic heterocycles. The van der Waals surface area contributed by atoms with Crippen LogP contribution in [0, 0.1) is 0 Å². The van der Waals surface area contributed by atoms with E-state index in [1.807, 2.05) is 13.8 Å². The maximum atomic E-state index is 12.0. The lowest BCUT2D eigenvalue weighted by Crippen LogP contribution is -2.33. The Morgan fingerprint density at radius 2 is 1.82 bits per heavy atom. The van der Waals surface area contributed by atoms with Crippen LogP contribution in [-0.2, 0) is 0 Å². The van der Waals surface area contributed by atoms with E-state index in [-0.39, 0.29) is 5.91 Å². The maximum absolute atomic E-state index is 12.0. The summed E-state index contributed by atoms with van der Waals surface area (Å²) in [6, 6.07) is 6.35. The number of rotatable bonds is 5. The summed E-state index contributed by atoms with van der Waals surface area (Å²) in [7, 11) is -1.49. The highest BCUT2D eigenvalue weighted by atomic mass is 16.4. The molecular weight excluding hydrogens is 217 g/mol. The summed E-state index contributed by atoms with van der Waals surface area (Å²) < 4.78 is 0. The minimum absolute atomic E-state index is 0.0201. The molecule has 0 spiro atoms. The van der Waals surface area contributed by atoms with E-state index < -0.39 is 7.12 Å². The molecule has 17 heavy (non-hydrogen) atoms. The van der Waals surface area contributed by atoms with E-state index in [2.05, 4.69) is 0 Å². The van der Waals surface area contributed by atoms with Crippen molar-refractivity contribution in [1.29, 1.82) is 0 Å². The van der Waals surface area contributed by atoms with E-state index in [0.29, 0.717) is 17.6 Å². The standard InChI is InChI=1S/C12H18BNO3/c1-3-9-14(4-2)12(15)10-5-7-11(8-6-10)13(16)17/h5-8,16-17H,3-4,9H2,1-2H3. The summed E-state index contributed by atoms with van der Waals surface area (Å²) in [5.74, 6) is -0.0201. The molecule has 0 unspecified atom stereocenters. The third kappa shape index (κ3) is 3.58. The first-order chi connectivity index (χ1) is 8.10. The van der Waals surface area contributed by atoms with Crippen LogP contribution in [0.3, 0.4) is 0 Å². The van der Waals surface area contributed by atoms with Crippen LogP contribution in [0.1, 0.15) is 30.6 Å². The van der Waals surface area contributed by atoms with E-state index in [1.54, 1.807) is 29.2 Å². The van der Waals surface area contributed by atoms with Gasteiger partial charge in [0.15, 0.2) is 0 Å². The van der Waals surface area contributed by atoms with Crippen LogP contribution in [0.15, 0.2) is 24.3 Å². The average molecular weight is 235 g/mol. The number of nitrogens with zero attached hydrogens (tertiary/aromatic N) is 1. The number of hydrogen-bond donors (Lipinski definition) is 2. The van der Waals surface area contributed by atoms with Gasteiger partial charge in [-0.25, -0.2) is 0 Å². The predicted molar refractivity (Wildman–Crippen MR) is 68.1 cm³/mol. The molecule has 0 atom stereocenters. The molecule has 0 saturated heterocycles. The van der Waals surface area contributed by atoms with Crippen molar-refractivity contribution in [2.24, 2.45) is 0 Å². The Bertz CT molecular complexity index is 365. The average Bonchev–Trinajstić information content (AvgIpc) is 2.35. The maximum Gasteiger partial charge on any atom is 0.488 e. The second-order valence-electron chi connectivity index (χ2n) is 3.88. The fourth-order valence-corrected chi connectivity index (χ4v) is 1.65. The van der Waals surface area contributed by atoms with Crippen molar-refractivity contribution in [2.45, 2.75) is 20.3 Å². The van der Waals surface area contributed by atoms with Crippen molar-refractivity contribution in [3.05, 3.63) is 29.8 Å². The van der Waals surface area contributed by atoms with Crippen molar-refractivity contribution < 1.29 is 14.8 Å². The Morgan fingerprint density at radius 1 is 1.24 bits per heavy atom. The van der Waals surface area contributed by atoms with Crippen LogP contribution in [0.2, 0.25) is 0 Å². The van der Waals surface area contributed by atoms with Crippen LogP contribution < -0.4 is 5.46 Å². The highest BCUT2D eigenvalue weighted by Crippen LogP contribution is 2.04. The summed E-state index contributed by atoms with van der Waals surface area (Å²) >= 11 is 0. The molecule has 0 aliphatic carbocycles. The molecule has 0 heterocycles. The minimum atomic E-state index is -1.49. The van der Waals surface area contributed by atoms with Crippen molar-refractivity contribution in [2.75, 3.05) is 13.1 Å². The van der Waals surface area contributed by atoms with E-state index in [4.69, 9.17) is 10.0 Å². The molecule has 1 amide bonds. The SMILES string of the molecule is CCCN(CC)C(=O)c1ccc(B(O)O)cc1. The summed E-state index contributed by atoms with van der Waals surface area (Å²) in [6.45, 7) is 5.39. The number of amides is 1. The molecule has 0 radical (unpaired) electrons. The Morgan fingerprint density at radius 3 is 2.24 bits per heavy atom. The summed E-state index contributed by atoms with van der Waals surface area (Å²) in [5, 5.41) is 17.9. The molecule has 92 valence electrons. The zero-order valence-corrected chi connectivity index (χ0v) is 10.3. The molecule has 2 N–H and O–H groups in total. The van der Waals surface area contributed by atoms with Gasteiger partial charge >= 0.3 is 7.12 Å². The molecule has 1 rings (SSSR count). The Kier molecular flexibility index (Phi) is 5.19. The zero-order chi connectivity index (χ0) is 12.8. The zero-order valence-electron chi connectivity index (χ0n) is 10.3. The third-order valence-corrected chi connectivity index (χ3v) is 2.62. The molecule has 5 heteroatoms. The Labute approximate surface area is 102 Å². The van der Waals surface area contributed by atoms with Gasteiger partial charge in [0.1, 0.15) is 0 Å². The monoisotopic (exact) mass is 235 g/mol. The van der Waals surface area contributed by atoms with Gasteiger partial charge in [-0.2, -0.15) is 0 Å². The van der Waals surface area contributed by atoms with Gasteiger partial charge in [-0.3, -0.25) is 4.79 Å². The molecule has 0 fully saturated rings. The van der Waals surface area contributed by atoms with Crippen LogP contribution in [-0.4, -0.2) is 41.1 Å². The second-order valence-corrected chi connectivity index (χ2v) is 3.88. The molecule has 0 bridgehead atoms. The molecule has 0 aromatic heterocycles. The van der Waals surface area contributed by atoms with Gasteiger partial charge in [0, 0.05) is 18.7 Å². The fourth-order valence-electron chi connectivity index (χ4n) is 1.65. The van der Waals surface area contributed by atoms with Crippen molar-refractivity contribution in [3.8, 4) is 0 Å². The van der Waals surface area contributed by atoms with Gasteiger partial charge in [0.25, 0.3) is 5.91 Å². The largest absolute Gasteiger partial charge is 0.488 e. The van der Waals surface area contributed by atoms with Crippen molar-refractivity contribution in [1.82, 2.24) is 4.90 Å². The molecule has 0 saturated carbocycles. The Balaban J connectivity index is 2.81. The molecule has 4 nitrogen and oxygen atoms in total. The van der Waals surface area contributed by atoms with Crippen LogP contribution in [0.25, 0.3) is 0 Å². The van der Waals surface area contributed by atoms with Crippen molar-refractivity contribution in [3.63, 3.8) is 0 Å². The molecule has 0 aliphatic rings. The number of hydrogen-bond acceptors (Lipinski definition) is 3. The molecular formula is C12H18BNO3. The Hall–Kier alpha value is -1.33. The fraction of sp³-hybridized carbons (Fsp3) is 0.417. The quantitative estimate of drug-likeness (QED) is 0.718. The minimum Gasteiger partial charge on any atom is -0.423 e. The van der Waals surface area contributed by atoms with Gasteiger partial charge in [0.2, 0.25) is 0 Å². The first-order valence-corrected chi connectivity index (χ1v) is 5.85. The third-order valence-electron chi connectivity index (χ3n) is 2.62. The van der Waals surface area contributed by atoms with Crippen LogP contribution in [0.4, 0.5) is 0 Å². The number of carbonyl (C=O) groups excluding carboxylic acids is 1. The van der Waals surface area contributed by atoms with Gasteiger partial charge in [0.05, 0.1) is 0 Å². The summed E-state index contributed by atoms with van der Waals surface area (Å²) in [4.78, 5) is 13.8. The summed E-state index contributed by atoms with van der Waals surface area (Å²) in [5.41, 5.74) is 0.963. The lowest BCUT2D eigenvalue weighted by Gasteiger charge is -2.20. The molecule has 1 aromatic carbocycles. The van der Waals surface area contributed by atoms with Gasteiger partial charge < -0.3 is 14.9 Å². The smallest absolute Gasteiger partial charge is 0.423 e.